The standard InChI is InChI=1S/C26H17F6NO3/c1-14-7-9-15(10-8-14)22(34)20-21(33(24(36)23(20)35)19-5-3-2-4-6-19)16-11-17(25(27,28)29)13-18(12-16)26(30,31)32/h2-13,20-21H,1H3. The molecule has 1 amide bonds. The van der Waals surface area contributed by atoms with Gasteiger partial charge in [0.1, 0.15) is 5.92 Å². The second kappa shape index (κ2) is 8.92. The fraction of sp³-hybridized carbons (Fsp3) is 0.192. The van der Waals surface area contributed by atoms with E-state index in [2.05, 4.69) is 0 Å². The lowest BCUT2D eigenvalue weighted by atomic mass is 9.85. The minimum atomic E-state index is -5.16. The number of alkyl halides is 6. The summed E-state index contributed by atoms with van der Waals surface area (Å²) in [5.41, 5.74) is -3.05. The molecule has 1 aliphatic rings. The summed E-state index contributed by atoms with van der Waals surface area (Å²) < 4.78 is 81.4. The van der Waals surface area contributed by atoms with Gasteiger partial charge >= 0.3 is 12.4 Å². The molecule has 2 atom stereocenters. The number of Topliss-reactive ketones (excluding diaryl/α,β-unsaturated/α-hetero) is 2. The summed E-state index contributed by atoms with van der Waals surface area (Å²) in [6.45, 7) is 1.74. The van der Waals surface area contributed by atoms with Gasteiger partial charge in [0, 0.05) is 11.3 Å². The highest BCUT2D eigenvalue weighted by Crippen LogP contribution is 2.44. The molecule has 0 saturated carbocycles. The van der Waals surface area contributed by atoms with Gasteiger partial charge in [0.15, 0.2) is 5.78 Å². The molecule has 3 aromatic carbocycles. The Hall–Kier alpha value is -3.95. The van der Waals surface area contributed by atoms with Crippen LogP contribution in [0, 0.1) is 12.8 Å². The Morgan fingerprint density at radius 2 is 1.31 bits per heavy atom. The average molecular weight is 505 g/mol. The number of carbonyl (C=O) groups is 3. The van der Waals surface area contributed by atoms with E-state index in [-0.39, 0.29) is 17.3 Å². The number of rotatable bonds is 4. The van der Waals surface area contributed by atoms with Gasteiger partial charge < -0.3 is 0 Å². The van der Waals surface area contributed by atoms with E-state index in [1.165, 1.54) is 36.4 Å². The van der Waals surface area contributed by atoms with Crippen LogP contribution in [-0.4, -0.2) is 17.5 Å². The van der Waals surface area contributed by atoms with Crippen LogP contribution in [0.3, 0.4) is 0 Å². The fourth-order valence-electron chi connectivity index (χ4n) is 4.19. The van der Waals surface area contributed by atoms with E-state index in [9.17, 15) is 40.7 Å². The van der Waals surface area contributed by atoms with Crippen LogP contribution in [0.15, 0.2) is 72.8 Å². The number of ketones is 2. The van der Waals surface area contributed by atoms with Gasteiger partial charge in [-0.15, -0.1) is 0 Å². The number of hydrogen-bond donors (Lipinski definition) is 0. The number of aryl methyl sites for hydroxylation is 1. The number of hydrogen-bond acceptors (Lipinski definition) is 3. The van der Waals surface area contributed by atoms with Crippen LogP contribution in [0.2, 0.25) is 0 Å². The molecule has 36 heavy (non-hydrogen) atoms. The largest absolute Gasteiger partial charge is 0.416 e. The van der Waals surface area contributed by atoms with Gasteiger partial charge in [0.05, 0.1) is 17.2 Å². The van der Waals surface area contributed by atoms with Crippen LogP contribution in [0.1, 0.15) is 38.7 Å². The Labute approximate surface area is 201 Å². The van der Waals surface area contributed by atoms with Gasteiger partial charge in [-0.3, -0.25) is 19.3 Å². The quantitative estimate of drug-likeness (QED) is 0.184. The molecule has 1 heterocycles. The highest BCUT2D eigenvalue weighted by Gasteiger charge is 2.53. The van der Waals surface area contributed by atoms with Crippen molar-refractivity contribution in [2.24, 2.45) is 5.92 Å². The van der Waals surface area contributed by atoms with Gasteiger partial charge in [0.25, 0.3) is 5.91 Å². The van der Waals surface area contributed by atoms with Gasteiger partial charge in [-0.05, 0) is 42.8 Å². The number of amides is 1. The minimum absolute atomic E-state index is 0.00492. The number of carbonyl (C=O) groups excluding carboxylic acids is 3. The summed E-state index contributed by atoms with van der Waals surface area (Å²) in [7, 11) is 0. The molecule has 1 aliphatic heterocycles. The van der Waals surface area contributed by atoms with E-state index in [1.54, 1.807) is 25.1 Å². The van der Waals surface area contributed by atoms with Crippen LogP contribution >= 0.6 is 0 Å². The summed E-state index contributed by atoms with van der Waals surface area (Å²) in [5.74, 6) is -5.17. The van der Waals surface area contributed by atoms with Crippen molar-refractivity contribution >= 4 is 23.2 Å². The van der Waals surface area contributed by atoms with Gasteiger partial charge in [-0.25, -0.2) is 0 Å². The second-order valence-electron chi connectivity index (χ2n) is 8.37. The molecule has 0 N–H and O–H groups in total. The Bertz CT molecular complexity index is 1300. The first-order valence-electron chi connectivity index (χ1n) is 10.6. The molecular weight excluding hydrogens is 488 g/mol. The van der Waals surface area contributed by atoms with Crippen LogP contribution in [0.4, 0.5) is 32.0 Å². The summed E-state index contributed by atoms with van der Waals surface area (Å²) in [4.78, 5) is 40.3. The average Bonchev–Trinajstić information content (AvgIpc) is 3.08. The SMILES string of the molecule is Cc1ccc(C(=O)C2C(=O)C(=O)N(c3ccccc3)C2c2cc(C(F)(F)F)cc(C(F)(F)F)c2)cc1. The number of benzene rings is 3. The van der Waals surface area contributed by atoms with Crippen LogP contribution in [0.5, 0.6) is 0 Å². The number of nitrogens with zero attached hydrogens (tertiary/aromatic N) is 1. The van der Waals surface area contributed by atoms with E-state index in [0.717, 1.165) is 10.5 Å². The van der Waals surface area contributed by atoms with Crippen molar-refractivity contribution in [3.8, 4) is 0 Å². The van der Waals surface area contributed by atoms with Crippen molar-refractivity contribution in [2.45, 2.75) is 25.3 Å². The number of anilines is 1. The maximum Gasteiger partial charge on any atom is 0.416 e. The van der Waals surface area contributed by atoms with Crippen LogP contribution in [0.25, 0.3) is 0 Å². The van der Waals surface area contributed by atoms with Crippen molar-refractivity contribution in [1.82, 2.24) is 0 Å². The molecule has 3 aromatic rings. The fourth-order valence-corrected chi connectivity index (χ4v) is 4.19. The summed E-state index contributed by atoms with van der Waals surface area (Å²) in [5, 5.41) is 0. The Morgan fingerprint density at radius 3 is 1.81 bits per heavy atom. The third-order valence-corrected chi connectivity index (χ3v) is 5.91. The van der Waals surface area contributed by atoms with Crippen molar-refractivity contribution in [2.75, 3.05) is 4.90 Å². The van der Waals surface area contributed by atoms with E-state index in [0.29, 0.717) is 12.1 Å². The molecule has 0 aliphatic carbocycles. The lowest BCUT2D eigenvalue weighted by Gasteiger charge is -2.28. The van der Waals surface area contributed by atoms with Crippen molar-refractivity contribution in [1.29, 1.82) is 0 Å². The molecule has 0 bridgehead atoms. The predicted molar refractivity (Wildman–Crippen MR) is 117 cm³/mol. The van der Waals surface area contributed by atoms with Gasteiger partial charge in [-0.1, -0.05) is 48.0 Å². The highest BCUT2D eigenvalue weighted by atomic mass is 19.4. The summed E-state index contributed by atoms with van der Waals surface area (Å²) in [6.07, 6.45) is -10.3. The number of para-hydroxylation sites is 1. The van der Waals surface area contributed by atoms with E-state index in [4.69, 9.17) is 0 Å². The van der Waals surface area contributed by atoms with Crippen molar-refractivity contribution < 1.29 is 40.7 Å². The maximum atomic E-state index is 13.6. The monoisotopic (exact) mass is 505 g/mol. The molecule has 4 rings (SSSR count). The first kappa shape index (κ1) is 25.2. The van der Waals surface area contributed by atoms with Crippen LogP contribution < -0.4 is 4.90 Å². The molecular formula is C26H17F6NO3. The second-order valence-corrected chi connectivity index (χ2v) is 8.37. The molecule has 4 nitrogen and oxygen atoms in total. The zero-order chi connectivity index (χ0) is 26.4. The summed E-state index contributed by atoms with van der Waals surface area (Å²) in [6, 6.07) is 12.3. The Kier molecular flexibility index (Phi) is 6.24. The normalized spacial score (nSPS) is 18.6. The Balaban J connectivity index is 1.97. The molecule has 0 aromatic heterocycles. The van der Waals surface area contributed by atoms with E-state index >= 15 is 0 Å². The van der Waals surface area contributed by atoms with Gasteiger partial charge in [0.2, 0.25) is 5.78 Å². The molecule has 1 fully saturated rings. The van der Waals surface area contributed by atoms with E-state index in [1.807, 2.05) is 0 Å². The zero-order valence-electron chi connectivity index (χ0n) is 18.5. The molecule has 0 radical (unpaired) electrons. The smallest absolute Gasteiger partial charge is 0.297 e. The predicted octanol–water partition coefficient (Wildman–Crippen LogP) is 6.19. The van der Waals surface area contributed by atoms with Crippen molar-refractivity contribution in [3.05, 3.63) is 101 Å². The topological polar surface area (TPSA) is 54.5 Å². The maximum absolute atomic E-state index is 13.6. The molecule has 10 heteroatoms. The highest BCUT2D eigenvalue weighted by molar-refractivity contribution is 6.49. The minimum Gasteiger partial charge on any atom is -0.297 e. The molecule has 186 valence electrons. The Morgan fingerprint density at radius 1 is 0.778 bits per heavy atom. The molecule has 0 spiro atoms. The first-order valence-corrected chi connectivity index (χ1v) is 10.6. The third kappa shape index (κ3) is 4.62. The van der Waals surface area contributed by atoms with Gasteiger partial charge in [-0.2, -0.15) is 26.3 Å². The zero-order valence-corrected chi connectivity index (χ0v) is 18.5. The molecule has 2 unspecified atom stereocenters. The lowest BCUT2D eigenvalue weighted by molar-refractivity contribution is -0.143. The third-order valence-electron chi connectivity index (χ3n) is 5.91. The van der Waals surface area contributed by atoms with Crippen molar-refractivity contribution in [3.63, 3.8) is 0 Å². The van der Waals surface area contributed by atoms with E-state index < -0.39 is 58.5 Å². The lowest BCUT2D eigenvalue weighted by Crippen LogP contribution is -2.31. The number of halogens is 6. The molecule has 1 saturated heterocycles. The first-order chi connectivity index (χ1) is 16.8. The summed E-state index contributed by atoms with van der Waals surface area (Å²) >= 11 is 0. The van der Waals surface area contributed by atoms with Crippen LogP contribution in [-0.2, 0) is 21.9 Å².